The smallest absolute Gasteiger partial charge is 0.269 e. The van der Waals surface area contributed by atoms with Crippen molar-refractivity contribution in [2.45, 2.75) is 13.3 Å². The van der Waals surface area contributed by atoms with Crippen LogP contribution in [0.2, 0.25) is 0 Å². The second-order valence-corrected chi connectivity index (χ2v) is 6.47. The molecule has 140 valence electrons. The number of carbonyl (C=O) groups is 2. The van der Waals surface area contributed by atoms with Crippen LogP contribution in [0.15, 0.2) is 67.0 Å². The Bertz CT molecular complexity index is 1140. The molecule has 4 rings (SSSR count). The molecule has 3 N–H and O–H groups in total. The van der Waals surface area contributed by atoms with E-state index < -0.39 is 0 Å². The summed E-state index contributed by atoms with van der Waals surface area (Å²) in [5.41, 5.74) is 9.08. The molecule has 0 saturated carbocycles. The molecule has 0 atom stereocenters. The maximum Gasteiger partial charge on any atom is 0.269 e. The molecule has 4 aromatic rings. The number of para-hydroxylation sites is 1. The van der Waals surface area contributed by atoms with Crippen LogP contribution in [0.25, 0.3) is 16.6 Å². The Morgan fingerprint density at radius 2 is 1.82 bits per heavy atom. The minimum Gasteiger partial charge on any atom is -0.361 e. The predicted octanol–water partition coefficient (Wildman–Crippen LogP) is 2.67. The number of rotatable bonds is 4. The zero-order valence-corrected chi connectivity index (χ0v) is 15.3. The second-order valence-electron chi connectivity index (χ2n) is 6.47. The van der Waals surface area contributed by atoms with Crippen LogP contribution in [0.5, 0.6) is 0 Å². The number of nitrogens with zero attached hydrogens (tertiary/aromatic N) is 2. The minimum atomic E-state index is -0.379. The van der Waals surface area contributed by atoms with Gasteiger partial charge in [-0.25, -0.2) is 4.68 Å². The number of H-pyrrole nitrogens is 1. The molecule has 0 spiro atoms. The Hall–Kier alpha value is -3.87. The second kappa shape index (κ2) is 7.40. The number of fused-ring (bicyclic) bond motifs is 1. The highest BCUT2D eigenvalue weighted by atomic mass is 16.2. The van der Waals surface area contributed by atoms with Crippen LogP contribution in [0, 0.1) is 6.92 Å². The lowest BCUT2D eigenvalue weighted by molar-refractivity contribution is -0.121. The highest BCUT2D eigenvalue weighted by Gasteiger charge is 2.11. The van der Waals surface area contributed by atoms with Crippen LogP contribution in [-0.4, -0.2) is 26.6 Å². The van der Waals surface area contributed by atoms with Gasteiger partial charge >= 0.3 is 0 Å². The molecule has 2 aromatic carbocycles. The maximum absolute atomic E-state index is 12.3. The van der Waals surface area contributed by atoms with Crippen molar-refractivity contribution in [3.8, 4) is 5.69 Å². The standard InChI is InChI=1S/C21H19N5O2/c1-14-10-11-23-26(14)17-8-6-15(7-9-17)21(28)25-24-20(27)12-16-13-22-19-5-3-2-4-18(16)19/h2-11,13,22H,12H2,1H3,(H,24,27)(H,25,28). The van der Waals surface area contributed by atoms with Crippen LogP contribution in [0.4, 0.5) is 0 Å². The van der Waals surface area contributed by atoms with Gasteiger partial charge in [-0.3, -0.25) is 20.4 Å². The van der Waals surface area contributed by atoms with Crippen LogP contribution in [0.3, 0.4) is 0 Å². The van der Waals surface area contributed by atoms with E-state index in [0.29, 0.717) is 5.56 Å². The van der Waals surface area contributed by atoms with Gasteiger partial charge in [-0.05, 0) is 48.9 Å². The van der Waals surface area contributed by atoms with Gasteiger partial charge in [-0.1, -0.05) is 18.2 Å². The summed E-state index contributed by atoms with van der Waals surface area (Å²) < 4.78 is 1.78. The van der Waals surface area contributed by atoms with E-state index in [4.69, 9.17) is 0 Å². The Morgan fingerprint density at radius 3 is 2.57 bits per heavy atom. The van der Waals surface area contributed by atoms with Gasteiger partial charge in [0.25, 0.3) is 5.91 Å². The van der Waals surface area contributed by atoms with Crippen molar-refractivity contribution in [1.29, 1.82) is 0 Å². The molecule has 0 bridgehead atoms. The number of aromatic amines is 1. The summed E-state index contributed by atoms with van der Waals surface area (Å²) in [6.45, 7) is 1.96. The molecule has 0 saturated heterocycles. The topological polar surface area (TPSA) is 91.8 Å². The first-order valence-electron chi connectivity index (χ1n) is 8.87. The molecule has 0 aliphatic heterocycles. The largest absolute Gasteiger partial charge is 0.361 e. The van der Waals surface area contributed by atoms with Crippen molar-refractivity contribution in [1.82, 2.24) is 25.6 Å². The summed E-state index contributed by atoms with van der Waals surface area (Å²) in [5.74, 6) is -0.669. The lowest BCUT2D eigenvalue weighted by Crippen LogP contribution is -2.42. The number of carbonyl (C=O) groups excluding carboxylic acids is 2. The van der Waals surface area contributed by atoms with Crippen molar-refractivity contribution in [3.63, 3.8) is 0 Å². The number of nitrogens with one attached hydrogen (secondary N) is 3. The molecule has 2 amide bonds. The average molecular weight is 373 g/mol. The molecule has 7 heteroatoms. The van der Waals surface area contributed by atoms with Gasteiger partial charge in [0.05, 0.1) is 12.1 Å². The highest BCUT2D eigenvalue weighted by molar-refractivity contribution is 5.96. The molecule has 2 heterocycles. The number of hydrazine groups is 1. The first-order chi connectivity index (χ1) is 13.6. The van der Waals surface area contributed by atoms with Crippen molar-refractivity contribution in [2.24, 2.45) is 0 Å². The van der Waals surface area contributed by atoms with Crippen molar-refractivity contribution in [3.05, 3.63) is 83.8 Å². The molecule has 2 aromatic heterocycles. The van der Waals surface area contributed by atoms with E-state index in [9.17, 15) is 9.59 Å². The third kappa shape index (κ3) is 3.50. The van der Waals surface area contributed by atoms with Gasteiger partial charge < -0.3 is 4.98 Å². The highest BCUT2D eigenvalue weighted by Crippen LogP contribution is 2.18. The lowest BCUT2D eigenvalue weighted by atomic mass is 10.1. The fraction of sp³-hybridized carbons (Fsp3) is 0.0952. The molecular weight excluding hydrogens is 354 g/mol. The first kappa shape index (κ1) is 17.5. The first-order valence-corrected chi connectivity index (χ1v) is 8.87. The van der Waals surface area contributed by atoms with Crippen LogP contribution in [-0.2, 0) is 11.2 Å². The van der Waals surface area contributed by atoms with E-state index in [0.717, 1.165) is 27.8 Å². The Morgan fingerprint density at radius 1 is 1.04 bits per heavy atom. The van der Waals surface area contributed by atoms with Crippen LogP contribution < -0.4 is 10.9 Å². The van der Waals surface area contributed by atoms with E-state index in [-0.39, 0.29) is 18.2 Å². The van der Waals surface area contributed by atoms with E-state index in [1.165, 1.54) is 0 Å². The summed E-state index contributed by atoms with van der Waals surface area (Å²) in [6, 6.07) is 16.7. The van der Waals surface area contributed by atoms with E-state index >= 15 is 0 Å². The lowest BCUT2D eigenvalue weighted by Gasteiger charge is -2.08. The molecule has 0 aliphatic carbocycles. The zero-order chi connectivity index (χ0) is 19.5. The van der Waals surface area contributed by atoms with Crippen molar-refractivity contribution < 1.29 is 9.59 Å². The third-order valence-corrected chi connectivity index (χ3v) is 4.55. The molecule has 0 fully saturated rings. The van der Waals surface area contributed by atoms with Crippen LogP contribution in [0.1, 0.15) is 21.6 Å². The predicted molar refractivity (Wildman–Crippen MR) is 106 cm³/mol. The zero-order valence-electron chi connectivity index (χ0n) is 15.3. The minimum absolute atomic E-state index is 0.168. The summed E-state index contributed by atoms with van der Waals surface area (Å²) in [6.07, 6.45) is 3.70. The van der Waals surface area contributed by atoms with Gasteiger partial charge in [0.2, 0.25) is 5.91 Å². The number of hydrogen-bond donors (Lipinski definition) is 3. The quantitative estimate of drug-likeness (QED) is 0.480. The van der Waals surface area contributed by atoms with E-state index in [2.05, 4.69) is 20.9 Å². The van der Waals surface area contributed by atoms with Crippen LogP contribution >= 0.6 is 0 Å². The third-order valence-electron chi connectivity index (χ3n) is 4.55. The van der Waals surface area contributed by atoms with Gasteiger partial charge in [0.1, 0.15) is 0 Å². The number of hydrogen-bond acceptors (Lipinski definition) is 3. The van der Waals surface area contributed by atoms with Crippen molar-refractivity contribution >= 4 is 22.7 Å². The summed E-state index contributed by atoms with van der Waals surface area (Å²) in [4.78, 5) is 27.6. The number of aromatic nitrogens is 3. The van der Waals surface area contributed by atoms with Gasteiger partial charge in [-0.15, -0.1) is 0 Å². The number of aryl methyl sites for hydroxylation is 1. The maximum atomic E-state index is 12.3. The number of benzene rings is 2. The Labute approximate surface area is 161 Å². The molecular formula is C21H19N5O2. The van der Waals surface area contributed by atoms with Gasteiger partial charge in [-0.2, -0.15) is 5.10 Å². The molecule has 0 radical (unpaired) electrons. The SMILES string of the molecule is Cc1ccnn1-c1ccc(C(=O)NNC(=O)Cc2c[nH]c3ccccc23)cc1. The Balaban J connectivity index is 1.36. The fourth-order valence-electron chi connectivity index (χ4n) is 3.09. The number of amides is 2. The van der Waals surface area contributed by atoms with Crippen molar-refractivity contribution in [2.75, 3.05) is 0 Å². The van der Waals surface area contributed by atoms with E-state index in [1.54, 1.807) is 23.0 Å². The normalized spacial score (nSPS) is 10.8. The van der Waals surface area contributed by atoms with Gasteiger partial charge in [0, 0.05) is 34.6 Å². The molecule has 0 unspecified atom stereocenters. The summed E-state index contributed by atoms with van der Waals surface area (Å²) >= 11 is 0. The van der Waals surface area contributed by atoms with Gasteiger partial charge in [0.15, 0.2) is 0 Å². The average Bonchev–Trinajstić information content (AvgIpc) is 3.33. The monoisotopic (exact) mass is 373 g/mol. The molecule has 0 aliphatic rings. The fourth-order valence-corrected chi connectivity index (χ4v) is 3.09. The summed E-state index contributed by atoms with van der Waals surface area (Å²) in [7, 11) is 0. The Kier molecular flexibility index (Phi) is 4.63. The van der Waals surface area contributed by atoms with E-state index in [1.807, 2.05) is 55.6 Å². The molecule has 28 heavy (non-hydrogen) atoms. The summed E-state index contributed by atoms with van der Waals surface area (Å²) in [5, 5.41) is 5.23. The molecule has 7 nitrogen and oxygen atoms in total.